The van der Waals surface area contributed by atoms with Crippen LogP contribution in [-0.2, 0) is 4.74 Å². The maximum Gasteiger partial charge on any atom is 0.0575 e. The molecule has 0 amide bonds. The van der Waals surface area contributed by atoms with Crippen LogP contribution in [0.25, 0.3) is 0 Å². The molecule has 0 atom stereocenters. The van der Waals surface area contributed by atoms with Crippen LogP contribution in [0.3, 0.4) is 0 Å². The molecule has 0 aromatic rings. The third-order valence-corrected chi connectivity index (χ3v) is 5.48. The van der Waals surface area contributed by atoms with Crippen LogP contribution in [0.5, 0.6) is 0 Å². The van der Waals surface area contributed by atoms with E-state index in [0.29, 0.717) is 16.9 Å². The highest BCUT2D eigenvalue weighted by atomic mass is 32.1. The Morgan fingerprint density at radius 2 is 1.63 bits per heavy atom. The van der Waals surface area contributed by atoms with Crippen LogP contribution in [0.15, 0.2) is 0 Å². The van der Waals surface area contributed by atoms with E-state index in [1.165, 1.54) is 51.4 Å². The lowest BCUT2D eigenvalue weighted by atomic mass is 9.76. The topological polar surface area (TPSA) is 9.23 Å². The summed E-state index contributed by atoms with van der Waals surface area (Å²) >= 11 is 4.61. The Morgan fingerprint density at radius 3 is 2.05 bits per heavy atom. The van der Waals surface area contributed by atoms with E-state index in [1.54, 1.807) is 0 Å². The minimum atomic E-state index is 0.319. The maximum absolute atomic E-state index is 6.29. The second kappa shape index (κ2) is 7.93. The van der Waals surface area contributed by atoms with E-state index in [1.807, 2.05) is 0 Å². The van der Waals surface area contributed by atoms with E-state index in [-0.39, 0.29) is 0 Å². The first-order chi connectivity index (χ1) is 8.97. The number of ether oxygens (including phenoxy) is 1. The normalized spacial score (nSPS) is 20.7. The average molecular weight is 287 g/mol. The van der Waals surface area contributed by atoms with Gasteiger partial charge in [0.2, 0.25) is 0 Å². The first-order valence-corrected chi connectivity index (χ1v) is 8.83. The van der Waals surface area contributed by atoms with E-state index < -0.39 is 0 Å². The van der Waals surface area contributed by atoms with Crippen LogP contribution in [0.2, 0.25) is 0 Å². The highest BCUT2D eigenvalue weighted by molar-refractivity contribution is 7.80. The molecule has 0 aliphatic heterocycles. The van der Waals surface area contributed by atoms with Crippen molar-refractivity contribution in [1.82, 2.24) is 0 Å². The van der Waals surface area contributed by atoms with Crippen molar-refractivity contribution in [2.45, 2.75) is 85.2 Å². The van der Waals surface area contributed by atoms with Gasteiger partial charge in [0.1, 0.15) is 0 Å². The van der Waals surface area contributed by atoms with Gasteiger partial charge in [-0.1, -0.05) is 40.5 Å². The zero-order valence-electron chi connectivity index (χ0n) is 13.5. The second-order valence-electron chi connectivity index (χ2n) is 7.33. The van der Waals surface area contributed by atoms with Crippen molar-refractivity contribution in [2.75, 3.05) is 12.4 Å². The van der Waals surface area contributed by atoms with Crippen LogP contribution in [0.1, 0.15) is 79.1 Å². The van der Waals surface area contributed by atoms with Crippen molar-refractivity contribution in [3.63, 3.8) is 0 Å². The number of rotatable bonds is 8. The van der Waals surface area contributed by atoms with Gasteiger partial charge in [-0.05, 0) is 49.7 Å². The molecule has 0 spiro atoms. The summed E-state index contributed by atoms with van der Waals surface area (Å²) < 4.78 is 6.29. The van der Waals surface area contributed by atoms with Crippen molar-refractivity contribution in [1.29, 1.82) is 0 Å². The molecule has 1 saturated carbocycles. The second-order valence-corrected chi connectivity index (χ2v) is 7.65. The molecule has 0 bridgehead atoms. The Labute approximate surface area is 126 Å². The van der Waals surface area contributed by atoms with Crippen molar-refractivity contribution in [3.05, 3.63) is 0 Å². The number of thiol groups is 1. The molecule has 0 radical (unpaired) electrons. The Bertz CT molecular complexity index is 234. The Hall–Kier alpha value is 0.310. The zero-order chi connectivity index (χ0) is 14.4. The van der Waals surface area contributed by atoms with Crippen molar-refractivity contribution in [2.24, 2.45) is 10.8 Å². The lowest BCUT2D eigenvalue weighted by molar-refractivity contribution is -0.0386. The molecule has 114 valence electrons. The van der Waals surface area contributed by atoms with Crippen molar-refractivity contribution >= 4 is 12.6 Å². The van der Waals surface area contributed by atoms with Crippen molar-refractivity contribution in [3.8, 4) is 0 Å². The van der Waals surface area contributed by atoms with Gasteiger partial charge in [-0.3, -0.25) is 0 Å². The van der Waals surface area contributed by atoms with Gasteiger partial charge in [0.15, 0.2) is 0 Å². The predicted octanol–water partition coefficient (Wildman–Crippen LogP) is 5.49. The van der Waals surface area contributed by atoms with Gasteiger partial charge >= 0.3 is 0 Å². The molecular formula is C17H34OS. The molecular weight excluding hydrogens is 252 g/mol. The van der Waals surface area contributed by atoms with Gasteiger partial charge in [0.05, 0.1) is 12.7 Å². The van der Waals surface area contributed by atoms with E-state index >= 15 is 0 Å². The molecule has 1 rings (SSSR count). The quantitative estimate of drug-likeness (QED) is 0.581. The van der Waals surface area contributed by atoms with E-state index in [2.05, 4.69) is 40.3 Å². The lowest BCUT2D eigenvalue weighted by Crippen LogP contribution is -2.34. The molecule has 0 N–H and O–H groups in total. The summed E-state index contributed by atoms with van der Waals surface area (Å²) in [6.45, 7) is 10.2. The van der Waals surface area contributed by atoms with Gasteiger partial charge < -0.3 is 4.74 Å². The van der Waals surface area contributed by atoms with Gasteiger partial charge in [-0.2, -0.15) is 12.6 Å². The van der Waals surface area contributed by atoms with E-state index in [9.17, 15) is 0 Å². The summed E-state index contributed by atoms with van der Waals surface area (Å²) in [5, 5.41) is 0. The summed E-state index contributed by atoms with van der Waals surface area (Å²) in [5.41, 5.74) is 0.854. The molecule has 0 unspecified atom stereocenters. The highest BCUT2D eigenvalue weighted by Crippen LogP contribution is 2.38. The van der Waals surface area contributed by atoms with Gasteiger partial charge in [0, 0.05) is 5.41 Å². The van der Waals surface area contributed by atoms with Crippen LogP contribution in [0.4, 0.5) is 0 Å². The molecule has 1 nitrogen and oxygen atoms in total. The summed E-state index contributed by atoms with van der Waals surface area (Å²) in [6, 6.07) is 0. The smallest absolute Gasteiger partial charge is 0.0575 e. The molecule has 19 heavy (non-hydrogen) atoms. The summed E-state index contributed by atoms with van der Waals surface area (Å²) in [6.07, 6.45) is 10.6. The number of hydrogen-bond donors (Lipinski definition) is 1. The summed E-state index contributed by atoms with van der Waals surface area (Å²) in [7, 11) is 0. The summed E-state index contributed by atoms with van der Waals surface area (Å²) in [4.78, 5) is 0. The first kappa shape index (κ1) is 17.4. The molecule has 1 fully saturated rings. The van der Waals surface area contributed by atoms with Crippen LogP contribution in [-0.4, -0.2) is 18.5 Å². The van der Waals surface area contributed by atoms with Crippen molar-refractivity contribution < 1.29 is 4.74 Å². The molecule has 1 aliphatic rings. The third-order valence-electron chi connectivity index (χ3n) is 4.81. The van der Waals surface area contributed by atoms with Gasteiger partial charge in [-0.15, -0.1) is 0 Å². The SMILES string of the molecule is CCCC(CS)(CCC)COC1CCC(C)(C)CC1. The summed E-state index contributed by atoms with van der Waals surface area (Å²) in [5.74, 6) is 0.965. The minimum Gasteiger partial charge on any atom is -0.378 e. The molecule has 2 heteroatoms. The van der Waals surface area contributed by atoms with E-state index in [0.717, 1.165) is 12.4 Å². The van der Waals surface area contributed by atoms with Crippen LogP contribution in [0, 0.1) is 10.8 Å². The molecule has 1 aliphatic carbocycles. The lowest BCUT2D eigenvalue weighted by Gasteiger charge is -2.37. The van der Waals surface area contributed by atoms with Crippen LogP contribution < -0.4 is 0 Å². The Morgan fingerprint density at radius 1 is 1.11 bits per heavy atom. The van der Waals surface area contributed by atoms with Gasteiger partial charge in [-0.25, -0.2) is 0 Å². The third kappa shape index (κ3) is 5.67. The Balaban J connectivity index is 2.43. The maximum atomic E-state index is 6.29. The van der Waals surface area contributed by atoms with E-state index in [4.69, 9.17) is 4.74 Å². The van der Waals surface area contributed by atoms with Crippen LogP contribution >= 0.6 is 12.6 Å². The molecule has 0 heterocycles. The standard InChI is InChI=1S/C17H34OS/c1-5-9-17(14-19,10-6-2)13-18-15-7-11-16(3,4)12-8-15/h15,19H,5-14H2,1-4H3. The molecule has 0 saturated heterocycles. The largest absolute Gasteiger partial charge is 0.378 e. The number of hydrogen-bond acceptors (Lipinski definition) is 2. The predicted molar refractivity (Wildman–Crippen MR) is 88.1 cm³/mol. The first-order valence-electron chi connectivity index (χ1n) is 8.19. The fourth-order valence-corrected chi connectivity index (χ4v) is 3.78. The monoisotopic (exact) mass is 286 g/mol. The van der Waals surface area contributed by atoms with Gasteiger partial charge in [0.25, 0.3) is 0 Å². The fraction of sp³-hybridized carbons (Fsp3) is 1.00. The molecule has 0 aromatic carbocycles. The zero-order valence-corrected chi connectivity index (χ0v) is 14.4. The average Bonchev–Trinajstić information content (AvgIpc) is 2.38. The minimum absolute atomic E-state index is 0.319. The highest BCUT2D eigenvalue weighted by Gasteiger charge is 2.31. The molecule has 0 aromatic heterocycles. The fourth-order valence-electron chi connectivity index (χ4n) is 3.37. The Kier molecular flexibility index (Phi) is 7.24.